The molecular weight excluding hydrogens is 475 g/mol. The number of alkyl carbamates (subject to hydrolysis) is 1. The predicted octanol–water partition coefficient (Wildman–Crippen LogP) is 5.08. The zero-order chi connectivity index (χ0) is 26.0. The number of fused-ring (bicyclic) bond motifs is 1. The van der Waals surface area contributed by atoms with Gasteiger partial charge in [0.25, 0.3) is 5.56 Å². The van der Waals surface area contributed by atoms with Crippen LogP contribution in [0.15, 0.2) is 41.5 Å². The number of nitrogens with zero attached hydrogens (tertiary/aromatic N) is 2. The molecule has 1 saturated carbocycles. The van der Waals surface area contributed by atoms with Gasteiger partial charge in [-0.25, -0.2) is 18.0 Å². The third-order valence-electron chi connectivity index (χ3n) is 5.95. The molecule has 36 heavy (non-hydrogen) atoms. The first-order valence-electron chi connectivity index (χ1n) is 11.8. The van der Waals surface area contributed by atoms with Gasteiger partial charge in [-0.3, -0.25) is 4.79 Å². The number of hydrogen-bond acceptors (Lipinski definition) is 5. The molecule has 0 spiro atoms. The van der Waals surface area contributed by atoms with E-state index in [2.05, 4.69) is 10.3 Å². The van der Waals surface area contributed by atoms with Crippen molar-refractivity contribution in [1.82, 2.24) is 14.9 Å². The molecule has 7 nitrogen and oxygen atoms in total. The van der Waals surface area contributed by atoms with Gasteiger partial charge < -0.3 is 19.4 Å². The summed E-state index contributed by atoms with van der Waals surface area (Å²) in [6, 6.07) is 6.09. The van der Waals surface area contributed by atoms with Gasteiger partial charge in [0.1, 0.15) is 28.8 Å². The normalized spacial score (nSPS) is 18.2. The minimum Gasteiger partial charge on any atom is -0.490 e. The molecule has 1 heterocycles. The van der Waals surface area contributed by atoms with E-state index in [0.29, 0.717) is 36.2 Å². The summed E-state index contributed by atoms with van der Waals surface area (Å²) in [6.45, 7) is 5.16. The molecule has 192 valence electrons. The van der Waals surface area contributed by atoms with Gasteiger partial charge in [-0.2, -0.15) is 4.98 Å². The molecule has 0 aliphatic heterocycles. The smallest absolute Gasteiger partial charge is 0.407 e. The van der Waals surface area contributed by atoms with Crippen molar-refractivity contribution in [3.63, 3.8) is 0 Å². The molecule has 0 radical (unpaired) electrons. The van der Waals surface area contributed by atoms with Crippen LogP contribution in [0.5, 0.6) is 5.75 Å². The van der Waals surface area contributed by atoms with Crippen LogP contribution < -0.4 is 15.6 Å². The van der Waals surface area contributed by atoms with Gasteiger partial charge in [0.05, 0.1) is 29.9 Å². The summed E-state index contributed by atoms with van der Waals surface area (Å²) >= 11 is 0. The summed E-state index contributed by atoms with van der Waals surface area (Å²) in [4.78, 5) is 28.2. The van der Waals surface area contributed by atoms with Crippen LogP contribution in [-0.2, 0) is 11.3 Å². The SMILES string of the molecule is CC(C)(C)OC(=O)N[C@H]1CC[C@@H](Oc2ccc3c(c2)c(=O)ncn3Cc2c(F)cc(F)cc2F)CC1. The fourth-order valence-electron chi connectivity index (χ4n) is 4.28. The van der Waals surface area contributed by atoms with E-state index >= 15 is 0 Å². The molecule has 3 aromatic rings. The number of aromatic nitrogens is 2. The molecule has 0 atom stereocenters. The Morgan fingerprint density at radius 1 is 1.08 bits per heavy atom. The maximum absolute atomic E-state index is 14.1. The first-order valence-corrected chi connectivity index (χ1v) is 11.8. The average Bonchev–Trinajstić information content (AvgIpc) is 2.78. The Labute approximate surface area is 206 Å². The number of nitrogens with one attached hydrogen (secondary N) is 1. The fourth-order valence-corrected chi connectivity index (χ4v) is 4.28. The summed E-state index contributed by atoms with van der Waals surface area (Å²) in [5.74, 6) is -2.57. The molecule has 1 aromatic heterocycles. The Bertz CT molecular complexity index is 1310. The molecule has 4 rings (SSSR count). The highest BCUT2D eigenvalue weighted by molar-refractivity contribution is 5.79. The number of benzene rings is 2. The second-order valence-corrected chi connectivity index (χ2v) is 9.94. The Kier molecular flexibility index (Phi) is 7.23. The van der Waals surface area contributed by atoms with Crippen LogP contribution in [0, 0.1) is 17.5 Å². The van der Waals surface area contributed by atoms with Crippen LogP contribution in [-0.4, -0.2) is 33.4 Å². The molecule has 1 fully saturated rings. The van der Waals surface area contributed by atoms with Gasteiger partial charge in [0.2, 0.25) is 0 Å². The van der Waals surface area contributed by atoms with E-state index in [0.717, 1.165) is 12.8 Å². The quantitative estimate of drug-likeness (QED) is 0.525. The molecule has 0 unspecified atom stereocenters. The lowest BCUT2D eigenvalue weighted by Crippen LogP contribution is -2.42. The van der Waals surface area contributed by atoms with Gasteiger partial charge in [-0.05, 0) is 64.7 Å². The van der Waals surface area contributed by atoms with E-state index in [1.165, 1.54) is 10.9 Å². The van der Waals surface area contributed by atoms with Gasteiger partial charge in [-0.15, -0.1) is 0 Å². The number of carbonyl (C=O) groups is 1. The Balaban J connectivity index is 1.44. The average molecular weight is 504 g/mol. The number of amides is 1. The molecule has 1 N–H and O–H groups in total. The summed E-state index contributed by atoms with van der Waals surface area (Å²) in [7, 11) is 0. The first-order chi connectivity index (χ1) is 17.0. The lowest BCUT2D eigenvalue weighted by atomic mass is 9.93. The van der Waals surface area contributed by atoms with E-state index in [9.17, 15) is 22.8 Å². The standard InChI is InChI=1S/C26H28F3N3O4/c1-26(2,3)36-25(34)31-16-4-6-17(7-5-16)35-18-8-9-23-19(12-18)24(33)30-14-32(23)13-20-21(28)10-15(27)11-22(20)29/h8-12,14,16-17H,4-7,13H2,1-3H3,(H,31,34)/t16-,17+. The van der Waals surface area contributed by atoms with Crippen LogP contribution in [0.1, 0.15) is 52.0 Å². The summed E-state index contributed by atoms with van der Waals surface area (Å²) in [5.41, 5.74) is -0.983. The Morgan fingerprint density at radius 3 is 2.39 bits per heavy atom. The van der Waals surface area contributed by atoms with Crippen molar-refractivity contribution in [2.45, 2.75) is 70.7 Å². The van der Waals surface area contributed by atoms with E-state index in [-0.39, 0.29) is 29.6 Å². The van der Waals surface area contributed by atoms with E-state index in [1.54, 1.807) is 18.2 Å². The number of rotatable bonds is 5. The minimum atomic E-state index is -1.02. The van der Waals surface area contributed by atoms with Crippen LogP contribution in [0.4, 0.5) is 18.0 Å². The number of halogens is 3. The Hall–Kier alpha value is -3.56. The lowest BCUT2D eigenvalue weighted by molar-refractivity contribution is 0.0471. The lowest BCUT2D eigenvalue weighted by Gasteiger charge is -2.30. The zero-order valence-corrected chi connectivity index (χ0v) is 20.3. The van der Waals surface area contributed by atoms with Crippen LogP contribution in [0.25, 0.3) is 10.9 Å². The second kappa shape index (κ2) is 10.2. The molecule has 10 heteroatoms. The van der Waals surface area contributed by atoms with Crippen molar-refractivity contribution in [1.29, 1.82) is 0 Å². The highest BCUT2D eigenvalue weighted by Gasteiger charge is 2.26. The molecule has 0 bridgehead atoms. The largest absolute Gasteiger partial charge is 0.490 e. The Morgan fingerprint density at radius 2 is 1.75 bits per heavy atom. The highest BCUT2D eigenvalue weighted by atomic mass is 19.1. The van der Waals surface area contributed by atoms with E-state index < -0.39 is 34.7 Å². The summed E-state index contributed by atoms with van der Waals surface area (Å²) in [6.07, 6.45) is 3.52. The molecule has 2 aromatic carbocycles. The third kappa shape index (κ3) is 6.16. The number of ether oxygens (including phenoxy) is 2. The van der Waals surface area contributed by atoms with Gasteiger partial charge >= 0.3 is 6.09 Å². The second-order valence-electron chi connectivity index (χ2n) is 9.94. The highest BCUT2D eigenvalue weighted by Crippen LogP contribution is 2.26. The van der Waals surface area contributed by atoms with Crippen molar-refractivity contribution in [3.8, 4) is 5.75 Å². The summed E-state index contributed by atoms with van der Waals surface area (Å²) in [5, 5.41) is 3.12. The maximum Gasteiger partial charge on any atom is 0.407 e. The minimum absolute atomic E-state index is 0.0000383. The van der Waals surface area contributed by atoms with Crippen LogP contribution in [0.2, 0.25) is 0 Å². The van der Waals surface area contributed by atoms with E-state index in [1.807, 2.05) is 20.8 Å². The van der Waals surface area contributed by atoms with Crippen molar-refractivity contribution in [3.05, 3.63) is 70.0 Å². The monoisotopic (exact) mass is 503 g/mol. The van der Waals surface area contributed by atoms with Crippen LogP contribution in [0.3, 0.4) is 0 Å². The fraction of sp³-hybridized carbons (Fsp3) is 0.423. The summed E-state index contributed by atoms with van der Waals surface area (Å²) < 4.78 is 54.3. The van der Waals surface area contributed by atoms with Gasteiger partial charge in [0.15, 0.2) is 0 Å². The number of hydrogen-bond donors (Lipinski definition) is 1. The van der Waals surface area contributed by atoms with Crippen molar-refractivity contribution in [2.24, 2.45) is 0 Å². The molecule has 0 saturated heterocycles. The maximum atomic E-state index is 14.1. The molecule has 1 aliphatic rings. The topological polar surface area (TPSA) is 82.4 Å². The number of carbonyl (C=O) groups excluding carboxylic acids is 1. The van der Waals surface area contributed by atoms with Crippen molar-refractivity contribution < 1.29 is 27.4 Å². The third-order valence-corrected chi connectivity index (χ3v) is 5.95. The zero-order valence-electron chi connectivity index (χ0n) is 20.3. The van der Waals surface area contributed by atoms with E-state index in [4.69, 9.17) is 9.47 Å². The predicted molar refractivity (Wildman–Crippen MR) is 127 cm³/mol. The molecule has 1 aliphatic carbocycles. The first kappa shape index (κ1) is 25.5. The van der Waals surface area contributed by atoms with Crippen LogP contribution >= 0.6 is 0 Å². The van der Waals surface area contributed by atoms with Crippen molar-refractivity contribution in [2.75, 3.05) is 0 Å². The van der Waals surface area contributed by atoms with Gasteiger partial charge in [-0.1, -0.05) is 0 Å². The molecular formula is C26H28F3N3O4. The molecule has 1 amide bonds. The van der Waals surface area contributed by atoms with Gasteiger partial charge in [0, 0.05) is 23.7 Å². The van der Waals surface area contributed by atoms with Crippen molar-refractivity contribution >= 4 is 17.0 Å².